The second-order valence-electron chi connectivity index (χ2n) is 6.73. The average Bonchev–Trinajstić information content (AvgIpc) is 2.90. The fraction of sp³-hybridized carbons (Fsp3) is 0.444. The van der Waals surface area contributed by atoms with Gasteiger partial charge in [0.05, 0.1) is 12.1 Å². The molecule has 0 bridgehead atoms. The fourth-order valence-electron chi connectivity index (χ4n) is 2.49. The van der Waals surface area contributed by atoms with Crippen LogP contribution in [0, 0.1) is 6.92 Å². The van der Waals surface area contributed by atoms with E-state index in [1.165, 1.54) is 0 Å². The lowest BCUT2D eigenvalue weighted by molar-refractivity contribution is 0.0947. The van der Waals surface area contributed by atoms with Crippen LogP contribution in [-0.2, 0) is 18.6 Å². The quantitative estimate of drug-likeness (QED) is 0.890. The second-order valence-corrected chi connectivity index (χ2v) is 6.73. The Balaban J connectivity index is 1.92. The van der Waals surface area contributed by atoms with Gasteiger partial charge in [0.25, 0.3) is 5.91 Å². The van der Waals surface area contributed by atoms with Gasteiger partial charge < -0.3 is 10.4 Å². The number of carbonyl (C=O) groups is 1. The lowest BCUT2D eigenvalue weighted by atomic mass is 10.1. The van der Waals surface area contributed by atoms with Gasteiger partial charge in [0.1, 0.15) is 5.69 Å². The highest BCUT2D eigenvalue weighted by Crippen LogP contribution is 2.16. The summed E-state index contributed by atoms with van der Waals surface area (Å²) in [5, 5.41) is 16.3. The van der Waals surface area contributed by atoms with Crippen LogP contribution in [0.2, 0.25) is 0 Å². The van der Waals surface area contributed by atoms with Gasteiger partial charge in [-0.1, -0.05) is 24.3 Å². The predicted molar refractivity (Wildman–Crippen MR) is 90.4 cm³/mol. The summed E-state index contributed by atoms with van der Waals surface area (Å²) in [6, 6.07) is 9.54. The van der Waals surface area contributed by atoms with E-state index in [4.69, 9.17) is 5.11 Å². The van der Waals surface area contributed by atoms with Crippen molar-refractivity contribution >= 4 is 5.91 Å². The molecule has 23 heavy (non-hydrogen) atoms. The van der Waals surface area contributed by atoms with Crippen LogP contribution in [0.5, 0.6) is 0 Å². The number of hydrogen-bond acceptors (Lipinski definition) is 3. The van der Waals surface area contributed by atoms with Gasteiger partial charge in [0, 0.05) is 12.2 Å². The van der Waals surface area contributed by atoms with E-state index in [0.29, 0.717) is 12.2 Å². The third-order valence-electron chi connectivity index (χ3n) is 3.66. The molecule has 0 spiro atoms. The van der Waals surface area contributed by atoms with E-state index >= 15 is 0 Å². The van der Waals surface area contributed by atoms with Crippen molar-refractivity contribution in [1.82, 2.24) is 15.1 Å². The molecule has 5 nitrogen and oxygen atoms in total. The Labute approximate surface area is 137 Å². The highest BCUT2D eigenvalue weighted by Gasteiger charge is 2.19. The fourth-order valence-corrected chi connectivity index (χ4v) is 2.49. The van der Waals surface area contributed by atoms with E-state index in [2.05, 4.69) is 31.2 Å². The Bertz CT molecular complexity index is 667. The largest absolute Gasteiger partial charge is 0.392 e. The molecule has 124 valence electrons. The number of benzene rings is 1. The van der Waals surface area contributed by atoms with E-state index in [1.54, 1.807) is 0 Å². The molecule has 0 saturated carbocycles. The topological polar surface area (TPSA) is 67.2 Å². The number of hydrogen-bond donors (Lipinski definition) is 2. The molecule has 1 heterocycles. The standard InChI is InChI=1S/C18H25N3O2/c1-13-11-16(20-21(13)18(2,3)4)17(23)19-10-9-14-5-7-15(12-22)8-6-14/h5-8,11,22H,9-10,12H2,1-4H3,(H,19,23). The number of carbonyl (C=O) groups excluding carboxylic acids is 1. The molecule has 0 saturated heterocycles. The summed E-state index contributed by atoms with van der Waals surface area (Å²) < 4.78 is 1.87. The number of aromatic nitrogens is 2. The zero-order valence-corrected chi connectivity index (χ0v) is 14.3. The maximum Gasteiger partial charge on any atom is 0.271 e. The molecule has 2 rings (SSSR count). The molecule has 1 aromatic heterocycles. The molecule has 1 aromatic carbocycles. The maximum atomic E-state index is 12.2. The molecule has 0 unspecified atom stereocenters. The van der Waals surface area contributed by atoms with Crippen molar-refractivity contribution in [1.29, 1.82) is 0 Å². The van der Waals surface area contributed by atoms with Crippen LogP contribution < -0.4 is 5.32 Å². The summed E-state index contributed by atoms with van der Waals surface area (Å²) in [6.45, 7) is 8.74. The Morgan fingerprint density at radius 3 is 2.35 bits per heavy atom. The summed E-state index contributed by atoms with van der Waals surface area (Å²) in [7, 11) is 0. The Morgan fingerprint density at radius 1 is 1.22 bits per heavy atom. The van der Waals surface area contributed by atoms with Crippen LogP contribution in [0.25, 0.3) is 0 Å². The van der Waals surface area contributed by atoms with Crippen molar-refractivity contribution in [3.63, 3.8) is 0 Å². The van der Waals surface area contributed by atoms with Crippen molar-refractivity contribution in [3.05, 3.63) is 52.8 Å². The minimum atomic E-state index is -0.150. The molecule has 1 amide bonds. The van der Waals surface area contributed by atoms with Crippen molar-refractivity contribution in [2.45, 2.75) is 46.3 Å². The van der Waals surface area contributed by atoms with E-state index in [1.807, 2.05) is 41.9 Å². The SMILES string of the molecule is Cc1cc(C(=O)NCCc2ccc(CO)cc2)nn1C(C)(C)C. The van der Waals surface area contributed by atoms with Crippen molar-refractivity contribution in [2.75, 3.05) is 6.54 Å². The summed E-state index contributed by atoms with van der Waals surface area (Å²) in [5.41, 5.74) is 3.30. The van der Waals surface area contributed by atoms with Crippen LogP contribution in [0.3, 0.4) is 0 Å². The third kappa shape index (κ3) is 4.42. The van der Waals surface area contributed by atoms with E-state index in [-0.39, 0.29) is 18.1 Å². The Morgan fingerprint density at radius 2 is 1.83 bits per heavy atom. The highest BCUT2D eigenvalue weighted by atomic mass is 16.3. The number of rotatable bonds is 5. The number of aryl methyl sites for hydroxylation is 1. The number of aliphatic hydroxyl groups excluding tert-OH is 1. The molecule has 0 radical (unpaired) electrons. The van der Waals surface area contributed by atoms with Crippen LogP contribution in [0.4, 0.5) is 0 Å². The molecule has 2 N–H and O–H groups in total. The molecule has 5 heteroatoms. The predicted octanol–water partition coefficient (Wildman–Crippen LogP) is 2.41. The van der Waals surface area contributed by atoms with Gasteiger partial charge in [-0.15, -0.1) is 0 Å². The van der Waals surface area contributed by atoms with Crippen LogP contribution >= 0.6 is 0 Å². The van der Waals surface area contributed by atoms with Crippen molar-refractivity contribution in [3.8, 4) is 0 Å². The Hall–Kier alpha value is -2.14. The summed E-state index contributed by atoms with van der Waals surface area (Å²) >= 11 is 0. The Kier molecular flexibility index (Phi) is 5.21. The lowest BCUT2D eigenvalue weighted by Crippen LogP contribution is -2.28. The van der Waals surface area contributed by atoms with Gasteiger partial charge >= 0.3 is 0 Å². The molecular weight excluding hydrogens is 290 g/mol. The molecule has 0 aliphatic carbocycles. The van der Waals surface area contributed by atoms with Crippen LogP contribution in [0.15, 0.2) is 30.3 Å². The number of nitrogens with one attached hydrogen (secondary N) is 1. The van der Waals surface area contributed by atoms with E-state index in [9.17, 15) is 4.79 Å². The highest BCUT2D eigenvalue weighted by molar-refractivity contribution is 5.92. The molecule has 0 aliphatic rings. The summed E-state index contributed by atoms with van der Waals surface area (Å²) in [6.07, 6.45) is 0.746. The lowest BCUT2D eigenvalue weighted by Gasteiger charge is -2.21. The van der Waals surface area contributed by atoms with E-state index < -0.39 is 0 Å². The smallest absolute Gasteiger partial charge is 0.271 e. The van der Waals surface area contributed by atoms with Gasteiger partial charge in [0.15, 0.2) is 0 Å². The van der Waals surface area contributed by atoms with Gasteiger partial charge in [-0.3, -0.25) is 9.48 Å². The number of amides is 1. The van der Waals surface area contributed by atoms with Gasteiger partial charge in [-0.25, -0.2) is 0 Å². The van der Waals surface area contributed by atoms with Crippen molar-refractivity contribution in [2.24, 2.45) is 0 Å². The first kappa shape index (κ1) is 17.2. The molecule has 0 fully saturated rings. The summed E-state index contributed by atoms with van der Waals surface area (Å²) in [4.78, 5) is 12.2. The van der Waals surface area contributed by atoms with Gasteiger partial charge in [-0.2, -0.15) is 5.10 Å². The number of nitrogens with zero attached hydrogens (tertiary/aromatic N) is 2. The van der Waals surface area contributed by atoms with Crippen LogP contribution in [0.1, 0.15) is 48.1 Å². The molecule has 2 aromatic rings. The first-order chi connectivity index (χ1) is 10.8. The second kappa shape index (κ2) is 6.96. The minimum Gasteiger partial charge on any atom is -0.392 e. The third-order valence-corrected chi connectivity index (χ3v) is 3.66. The minimum absolute atomic E-state index is 0.0484. The zero-order chi connectivity index (χ0) is 17.0. The molecule has 0 atom stereocenters. The number of aliphatic hydroxyl groups is 1. The van der Waals surface area contributed by atoms with E-state index in [0.717, 1.165) is 23.2 Å². The monoisotopic (exact) mass is 315 g/mol. The van der Waals surface area contributed by atoms with Crippen molar-refractivity contribution < 1.29 is 9.90 Å². The van der Waals surface area contributed by atoms with Gasteiger partial charge in [-0.05, 0) is 51.3 Å². The summed E-state index contributed by atoms with van der Waals surface area (Å²) in [5.74, 6) is -0.150. The maximum absolute atomic E-state index is 12.2. The average molecular weight is 315 g/mol. The molecular formula is C18H25N3O2. The normalized spacial score (nSPS) is 11.5. The zero-order valence-electron chi connectivity index (χ0n) is 14.3. The van der Waals surface area contributed by atoms with Crippen LogP contribution in [-0.4, -0.2) is 27.3 Å². The first-order valence-electron chi connectivity index (χ1n) is 7.85. The molecule has 0 aliphatic heterocycles. The van der Waals surface area contributed by atoms with Gasteiger partial charge in [0.2, 0.25) is 0 Å². The first-order valence-corrected chi connectivity index (χ1v) is 7.85.